The highest BCUT2D eigenvalue weighted by Crippen LogP contribution is 2.18. The standard InChI is InChI=1S/C16H24N4O/c1-2-20(11-10-17)15-9-8-13(12-18-15)16(21)19-14-6-4-3-5-7-14/h8-12,14H,2-7,17H2,1H3,(H,19,21)/b11-10-. The third-order valence-corrected chi connectivity index (χ3v) is 3.85. The Morgan fingerprint density at radius 3 is 2.76 bits per heavy atom. The Kier molecular flexibility index (Phi) is 5.60. The number of nitrogens with one attached hydrogen (secondary N) is 1. The molecule has 0 saturated heterocycles. The SMILES string of the molecule is CCN(/C=C\N)c1ccc(C(=O)NC2CCCCC2)cn1. The number of rotatable bonds is 5. The molecule has 1 aromatic rings. The van der Waals surface area contributed by atoms with Crippen LogP contribution in [0.1, 0.15) is 49.4 Å². The molecule has 5 heteroatoms. The molecule has 0 radical (unpaired) electrons. The molecule has 1 amide bonds. The molecular formula is C16H24N4O. The molecule has 0 unspecified atom stereocenters. The minimum atomic E-state index is -0.0293. The maximum Gasteiger partial charge on any atom is 0.253 e. The Labute approximate surface area is 126 Å². The van der Waals surface area contributed by atoms with E-state index >= 15 is 0 Å². The summed E-state index contributed by atoms with van der Waals surface area (Å²) in [7, 11) is 0. The number of pyridine rings is 1. The maximum absolute atomic E-state index is 12.2. The number of aromatic nitrogens is 1. The molecule has 114 valence electrons. The Hall–Kier alpha value is -2.04. The zero-order valence-corrected chi connectivity index (χ0v) is 12.6. The Morgan fingerprint density at radius 1 is 1.43 bits per heavy atom. The van der Waals surface area contributed by atoms with E-state index in [1.807, 2.05) is 24.0 Å². The van der Waals surface area contributed by atoms with Crippen LogP contribution in [0.5, 0.6) is 0 Å². The van der Waals surface area contributed by atoms with Gasteiger partial charge in [-0.15, -0.1) is 0 Å². The number of carbonyl (C=O) groups is 1. The van der Waals surface area contributed by atoms with Crippen molar-refractivity contribution in [3.8, 4) is 0 Å². The molecule has 1 heterocycles. The van der Waals surface area contributed by atoms with Crippen LogP contribution in [0, 0.1) is 0 Å². The number of nitrogens with zero attached hydrogens (tertiary/aromatic N) is 2. The van der Waals surface area contributed by atoms with Crippen LogP contribution in [0.3, 0.4) is 0 Å². The fourth-order valence-corrected chi connectivity index (χ4v) is 2.65. The van der Waals surface area contributed by atoms with Crippen LogP contribution in [0.25, 0.3) is 0 Å². The van der Waals surface area contributed by atoms with Gasteiger partial charge in [0, 0.05) is 31.2 Å². The fourth-order valence-electron chi connectivity index (χ4n) is 2.65. The lowest BCUT2D eigenvalue weighted by Crippen LogP contribution is -2.36. The first kappa shape index (κ1) is 15.4. The van der Waals surface area contributed by atoms with Crippen LogP contribution >= 0.6 is 0 Å². The number of nitrogens with two attached hydrogens (primary N) is 1. The summed E-state index contributed by atoms with van der Waals surface area (Å²) in [5.74, 6) is 0.756. The van der Waals surface area contributed by atoms with E-state index in [1.54, 1.807) is 12.4 Å². The fraction of sp³-hybridized carbons (Fsp3) is 0.500. The van der Waals surface area contributed by atoms with Gasteiger partial charge in [-0.3, -0.25) is 4.79 Å². The highest BCUT2D eigenvalue weighted by atomic mass is 16.1. The largest absolute Gasteiger partial charge is 0.403 e. The topological polar surface area (TPSA) is 71.2 Å². The minimum absolute atomic E-state index is 0.0293. The molecule has 0 spiro atoms. The molecule has 5 nitrogen and oxygen atoms in total. The molecule has 1 aromatic heterocycles. The molecule has 0 aromatic carbocycles. The second kappa shape index (κ2) is 7.67. The predicted octanol–water partition coefficient (Wildman–Crippen LogP) is 2.40. The summed E-state index contributed by atoms with van der Waals surface area (Å²) in [6.45, 7) is 2.79. The van der Waals surface area contributed by atoms with Crippen LogP contribution in [0.4, 0.5) is 5.82 Å². The average Bonchev–Trinajstić information content (AvgIpc) is 2.54. The summed E-state index contributed by atoms with van der Waals surface area (Å²) in [4.78, 5) is 18.5. The molecule has 3 N–H and O–H groups in total. The summed E-state index contributed by atoms with van der Waals surface area (Å²) >= 11 is 0. The first-order chi connectivity index (χ1) is 10.2. The van der Waals surface area contributed by atoms with Gasteiger partial charge >= 0.3 is 0 Å². The van der Waals surface area contributed by atoms with Gasteiger partial charge in [0.25, 0.3) is 5.91 Å². The molecule has 0 bridgehead atoms. The van der Waals surface area contributed by atoms with Gasteiger partial charge in [0.15, 0.2) is 0 Å². The summed E-state index contributed by atoms with van der Waals surface area (Å²) in [6, 6.07) is 3.98. The van der Waals surface area contributed by atoms with Crippen molar-refractivity contribution in [2.45, 2.75) is 45.1 Å². The van der Waals surface area contributed by atoms with Gasteiger partial charge in [-0.25, -0.2) is 4.98 Å². The Morgan fingerprint density at radius 2 is 2.19 bits per heavy atom. The second-order valence-electron chi connectivity index (χ2n) is 5.34. The molecule has 1 aliphatic carbocycles. The third-order valence-electron chi connectivity index (χ3n) is 3.85. The van der Waals surface area contributed by atoms with Crippen molar-refractivity contribution in [1.82, 2.24) is 10.3 Å². The quantitative estimate of drug-likeness (QED) is 0.872. The van der Waals surface area contributed by atoms with Crippen LogP contribution < -0.4 is 16.0 Å². The van der Waals surface area contributed by atoms with E-state index in [2.05, 4.69) is 10.3 Å². The minimum Gasteiger partial charge on any atom is -0.403 e. The number of hydrogen-bond donors (Lipinski definition) is 2. The molecule has 21 heavy (non-hydrogen) atoms. The molecule has 2 rings (SSSR count). The highest BCUT2D eigenvalue weighted by molar-refractivity contribution is 5.94. The average molecular weight is 288 g/mol. The first-order valence-corrected chi connectivity index (χ1v) is 7.66. The van der Waals surface area contributed by atoms with E-state index in [-0.39, 0.29) is 5.91 Å². The van der Waals surface area contributed by atoms with E-state index in [0.29, 0.717) is 11.6 Å². The number of anilines is 1. The van der Waals surface area contributed by atoms with Crippen molar-refractivity contribution in [2.24, 2.45) is 5.73 Å². The molecule has 1 saturated carbocycles. The summed E-state index contributed by atoms with van der Waals surface area (Å²) in [6.07, 6.45) is 10.7. The monoisotopic (exact) mass is 288 g/mol. The normalized spacial score (nSPS) is 16.0. The van der Waals surface area contributed by atoms with Crippen LogP contribution in [0.2, 0.25) is 0 Å². The van der Waals surface area contributed by atoms with Gasteiger partial charge in [0.2, 0.25) is 0 Å². The van der Waals surface area contributed by atoms with Crippen LogP contribution in [0.15, 0.2) is 30.7 Å². The van der Waals surface area contributed by atoms with Gasteiger partial charge in [-0.05, 0) is 31.9 Å². The van der Waals surface area contributed by atoms with Crippen molar-refractivity contribution in [3.63, 3.8) is 0 Å². The lowest BCUT2D eigenvalue weighted by Gasteiger charge is -2.23. The Bertz CT molecular complexity index is 478. The van der Waals surface area contributed by atoms with Crippen molar-refractivity contribution in [3.05, 3.63) is 36.3 Å². The zero-order valence-electron chi connectivity index (χ0n) is 12.6. The smallest absolute Gasteiger partial charge is 0.253 e. The van der Waals surface area contributed by atoms with Crippen molar-refractivity contribution >= 4 is 11.7 Å². The highest BCUT2D eigenvalue weighted by Gasteiger charge is 2.16. The van der Waals surface area contributed by atoms with Gasteiger partial charge in [-0.1, -0.05) is 19.3 Å². The summed E-state index contributed by atoms with van der Waals surface area (Å²) < 4.78 is 0. The van der Waals surface area contributed by atoms with Crippen LogP contribution in [-0.2, 0) is 0 Å². The third kappa shape index (κ3) is 4.21. The van der Waals surface area contributed by atoms with Crippen molar-refractivity contribution in [1.29, 1.82) is 0 Å². The van der Waals surface area contributed by atoms with E-state index in [0.717, 1.165) is 25.2 Å². The van der Waals surface area contributed by atoms with Gasteiger partial charge in [0.05, 0.1) is 5.56 Å². The number of carbonyl (C=O) groups excluding carboxylic acids is 1. The molecule has 0 aliphatic heterocycles. The molecule has 0 atom stereocenters. The number of amides is 1. The lowest BCUT2D eigenvalue weighted by atomic mass is 9.95. The Balaban J connectivity index is 1.98. The first-order valence-electron chi connectivity index (χ1n) is 7.66. The van der Waals surface area contributed by atoms with E-state index < -0.39 is 0 Å². The van der Waals surface area contributed by atoms with Gasteiger partial charge in [0.1, 0.15) is 5.82 Å². The maximum atomic E-state index is 12.2. The van der Waals surface area contributed by atoms with Crippen molar-refractivity contribution < 1.29 is 4.79 Å². The van der Waals surface area contributed by atoms with E-state index in [1.165, 1.54) is 25.5 Å². The summed E-state index contributed by atoms with van der Waals surface area (Å²) in [5.41, 5.74) is 6.02. The molecule has 1 aliphatic rings. The van der Waals surface area contributed by atoms with Crippen molar-refractivity contribution in [2.75, 3.05) is 11.4 Å². The van der Waals surface area contributed by atoms with Crippen LogP contribution in [-0.4, -0.2) is 23.5 Å². The number of hydrogen-bond acceptors (Lipinski definition) is 4. The lowest BCUT2D eigenvalue weighted by molar-refractivity contribution is 0.0927. The molecular weight excluding hydrogens is 264 g/mol. The molecule has 1 fully saturated rings. The van der Waals surface area contributed by atoms with E-state index in [9.17, 15) is 4.79 Å². The van der Waals surface area contributed by atoms with E-state index in [4.69, 9.17) is 5.73 Å². The van der Waals surface area contributed by atoms with Gasteiger partial charge in [-0.2, -0.15) is 0 Å². The zero-order chi connectivity index (χ0) is 15.1. The summed E-state index contributed by atoms with van der Waals surface area (Å²) in [5, 5.41) is 3.10. The van der Waals surface area contributed by atoms with Gasteiger partial charge < -0.3 is 16.0 Å². The second-order valence-corrected chi connectivity index (χ2v) is 5.34. The predicted molar refractivity (Wildman–Crippen MR) is 84.9 cm³/mol.